The lowest BCUT2D eigenvalue weighted by Gasteiger charge is -2.36. The van der Waals surface area contributed by atoms with Crippen molar-refractivity contribution in [2.24, 2.45) is 0 Å². The number of benzene rings is 2. The van der Waals surface area contributed by atoms with Crippen molar-refractivity contribution in [3.63, 3.8) is 0 Å². The Bertz CT molecular complexity index is 1440. The molecule has 218 valence electrons. The summed E-state index contributed by atoms with van der Waals surface area (Å²) in [6.07, 6.45) is 3.92. The van der Waals surface area contributed by atoms with E-state index in [0.717, 1.165) is 58.7 Å². The highest BCUT2D eigenvalue weighted by molar-refractivity contribution is 9.10. The van der Waals surface area contributed by atoms with Gasteiger partial charge in [0.1, 0.15) is 11.6 Å². The van der Waals surface area contributed by atoms with Crippen LogP contribution in [0.4, 0.5) is 23.1 Å². The second-order valence-corrected chi connectivity index (χ2v) is 13.0. The van der Waals surface area contributed by atoms with E-state index in [1.54, 1.807) is 13.3 Å². The number of ether oxygens (including phenoxy) is 1. The Balaban J connectivity index is 1.30. The topological polar surface area (TPSA) is 112 Å². The molecule has 3 heterocycles. The Kier molecular flexibility index (Phi) is 8.27. The molecule has 0 bridgehead atoms. The number of piperidine rings is 1. The van der Waals surface area contributed by atoms with Crippen LogP contribution in [0, 0.1) is 0 Å². The molecular formula is C31H39BrN6O3. The molecule has 3 aromatic rings. The third-order valence-corrected chi connectivity index (χ3v) is 8.42. The number of aliphatic hydroxyl groups is 1. The van der Waals surface area contributed by atoms with E-state index in [1.165, 1.54) is 5.56 Å². The van der Waals surface area contributed by atoms with Gasteiger partial charge in [0.25, 0.3) is 0 Å². The summed E-state index contributed by atoms with van der Waals surface area (Å²) in [5, 5.41) is 20.0. The fourth-order valence-electron chi connectivity index (χ4n) is 5.92. The van der Waals surface area contributed by atoms with Gasteiger partial charge in [-0.25, -0.2) is 4.98 Å². The van der Waals surface area contributed by atoms with Gasteiger partial charge in [0.05, 0.1) is 28.3 Å². The fourth-order valence-corrected chi connectivity index (χ4v) is 6.25. The van der Waals surface area contributed by atoms with E-state index in [2.05, 4.69) is 53.9 Å². The summed E-state index contributed by atoms with van der Waals surface area (Å²) in [6.45, 7) is 10.7. The van der Waals surface area contributed by atoms with Crippen molar-refractivity contribution >= 4 is 45.0 Å². The SMILES string of the molecule is COc1cc(C2CCCN(CC(C)(C)O)C2)ccc1Nc1ncc(Br)c(NCc2cccc3c2C(C)(C)C(=O)N3)n1. The van der Waals surface area contributed by atoms with Gasteiger partial charge in [0.2, 0.25) is 11.9 Å². The van der Waals surface area contributed by atoms with Crippen LogP contribution in [0.5, 0.6) is 5.75 Å². The number of carbonyl (C=O) groups excluding carboxylic acids is 1. The summed E-state index contributed by atoms with van der Waals surface area (Å²) >= 11 is 3.56. The number of nitrogens with zero attached hydrogens (tertiary/aromatic N) is 3. The molecule has 9 nitrogen and oxygen atoms in total. The van der Waals surface area contributed by atoms with Gasteiger partial charge in [-0.3, -0.25) is 9.69 Å². The third-order valence-electron chi connectivity index (χ3n) is 7.84. The molecule has 41 heavy (non-hydrogen) atoms. The maximum atomic E-state index is 12.5. The first-order valence-corrected chi connectivity index (χ1v) is 14.8. The third kappa shape index (κ3) is 6.50. The van der Waals surface area contributed by atoms with E-state index in [9.17, 15) is 9.90 Å². The van der Waals surface area contributed by atoms with Gasteiger partial charge in [-0.15, -0.1) is 0 Å². The number of halogens is 1. The molecule has 1 fully saturated rings. The summed E-state index contributed by atoms with van der Waals surface area (Å²) in [5.74, 6) is 2.18. The number of fused-ring (bicyclic) bond motifs is 1. The number of amides is 1. The van der Waals surface area contributed by atoms with Gasteiger partial charge in [-0.2, -0.15) is 4.98 Å². The predicted octanol–water partition coefficient (Wildman–Crippen LogP) is 5.78. The van der Waals surface area contributed by atoms with Crippen LogP contribution in [0.1, 0.15) is 63.1 Å². The summed E-state index contributed by atoms with van der Waals surface area (Å²) in [6, 6.07) is 12.2. The van der Waals surface area contributed by atoms with Gasteiger partial charge < -0.3 is 25.8 Å². The van der Waals surface area contributed by atoms with Crippen molar-refractivity contribution in [1.82, 2.24) is 14.9 Å². The number of likely N-dealkylation sites (tertiary alicyclic amines) is 1. The number of hydrogen-bond acceptors (Lipinski definition) is 8. The largest absolute Gasteiger partial charge is 0.495 e. The molecule has 0 saturated carbocycles. The Labute approximate surface area is 250 Å². The molecule has 5 rings (SSSR count). The average Bonchev–Trinajstić information content (AvgIpc) is 3.16. The van der Waals surface area contributed by atoms with Crippen molar-refractivity contribution < 1.29 is 14.6 Å². The highest BCUT2D eigenvalue weighted by atomic mass is 79.9. The minimum atomic E-state index is -0.709. The average molecular weight is 624 g/mol. The van der Waals surface area contributed by atoms with Crippen LogP contribution < -0.4 is 20.7 Å². The Morgan fingerprint density at radius 1 is 1.27 bits per heavy atom. The molecule has 1 aromatic heterocycles. The van der Waals surface area contributed by atoms with Gasteiger partial charge in [-0.1, -0.05) is 18.2 Å². The second kappa shape index (κ2) is 11.6. The quantitative estimate of drug-likeness (QED) is 0.237. The van der Waals surface area contributed by atoms with Crippen LogP contribution in [-0.4, -0.2) is 58.2 Å². The van der Waals surface area contributed by atoms with Crippen molar-refractivity contribution in [2.45, 2.75) is 64.0 Å². The first kappa shape index (κ1) is 29.3. The van der Waals surface area contributed by atoms with Crippen molar-refractivity contribution in [2.75, 3.05) is 42.7 Å². The highest BCUT2D eigenvalue weighted by Gasteiger charge is 2.40. The number of methoxy groups -OCH3 is 1. The zero-order valence-corrected chi connectivity index (χ0v) is 25.9. The molecule has 1 saturated heterocycles. The maximum Gasteiger partial charge on any atom is 0.234 e. The standard InChI is InChI=1S/C31H39BrN6O3/c1-30(2,40)18-38-13-7-9-21(17-38)19-11-12-23(25(14-19)41-5)36-29-34-16-22(32)27(37-29)33-15-20-8-6-10-24-26(20)31(3,4)28(39)35-24/h6,8,10-12,14,16,21,40H,7,9,13,15,17-18H2,1-5H3,(H,35,39)(H2,33,34,36,37). The molecule has 0 aliphatic carbocycles. The van der Waals surface area contributed by atoms with Crippen LogP contribution in [0.15, 0.2) is 47.1 Å². The molecule has 1 atom stereocenters. The first-order valence-electron chi connectivity index (χ1n) is 14.0. The number of aromatic nitrogens is 2. The molecule has 1 amide bonds. The molecule has 2 aliphatic heterocycles. The van der Waals surface area contributed by atoms with E-state index >= 15 is 0 Å². The lowest BCUT2D eigenvalue weighted by atomic mass is 9.83. The number of β-amino-alcohol motifs (C(OH)–C–C–N with tert-alkyl or cyclic N) is 1. The van der Waals surface area contributed by atoms with E-state index in [-0.39, 0.29) is 5.91 Å². The first-order chi connectivity index (χ1) is 19.4. The lowest BCUT2D eigenvalue weighted by Crippen LogP contribution is -2.43. The van der Waals surface area contributed by atoms with Crippen LogP contribution in [0.25, 0.3) is 0 Å². The van der Waals surface area contributed by atoms with Gasteiger partial charge >= 0.3 is 0 Å². The zero-order valence-electron chi connectivity index (χ0n) is 24.3. The molecular weight excluding hydrogens is 584 g/mol. The smallest absolute Gasteiger partial charge is 0.234 e. The molecule has 1 unspecified atom stereocenters. The summed E-state index contributed by atoms with van der Waals surface area (Å²) < 4.78 is 6.49. The summed E-state index contributed by atoms with van der Waals surface area (Å²) in [5.41, 5.74) is 3.59. The summed E-state index contributed by atoms with van der Waals surface area (Å²) in [4.78, 5) is 24.0. The van der Waals surface area contributed by atoms with Crippen LogP contribution >= 0.6 is 15.9 Å². The van der Waals surface area contributed by atoms with E-state index in [0.29, 0.717) is 30.8 Å². The zero-order chi connectivity index (χ0) is 29.4. The van der Waals surface area contributed by atoms with Gasteiger partial charge in [-0.05, 0) is 104 Å². The molecule has 10 heteroatoms. The van der Waals surface area contributed by atoms with Crippen LogP contribution in [-0.2, 0) is 16.8 Å². The van der Waals surface area contributed by atoms with Crippen LogP contribution in [0.3, 0.4) is 0 Å². The normalized spacial score (nSPS) is 18.5. The number of hydrogen-bond donors (Lipinski definition) is 4. The van der Waals surface area contributed by atoms with E-state index in [1.807, 2.05) is 52.0 Å². The molecule has 0 radical (unpaired) electrons. The monoisotopic (exact) mass is 622 g/mol. The Morgan fingerprint density at radius 2 is 2.07 bits per heavy atom. The number of rotatable bonds is 9. The molecule has 4 N–H and O–H groups in total. The number of carbonyl (C=O) groups is 1. The lowest BCUT2D eigenvalue weighted by molar-refractivity contribution is -0.119. The van der Waals surface area contributed by atoms with Gasteiger partial charge in [0.15, 0.2) is 0 Å². The van der Waals surface area contributed by atoms with Crippen LogP contribution in [0.2, 0.25) is 0 Å². The Morgan fingerprint density at radius 3 is 2.83 bits per heavy atom. The van der Waals surface area contributed by atoms with Crippen molar-refractivity contribution in [3.05, 3.63) is 63.8 Å². The minimum absolute atomic E-state index is 0.00420. The Hall–Kier alpha value is -3.21. The van der Waals surface area contributed by atoms with Crippen molar-refractivity contribution in [3.8, 4) is 5.75 Å². The number of nitrogens with one attached hydrogen (secondary N) is 3. The highest BCUT2D eigenvalue weighted by Crippen LogP contribution is 2.40. The molecule has 2 aliphatic rings. The minimum Gasteiger partial charge on any atom is -0.495 e. The second-order valence-electron chi connectivity index (χ2n) is 12.1. The maximum absolute atomic E-state index is 12.5. The fraction of sp³-hybridized carbons (Fsp3) is 0.452. The molecule has 0 spiro atoms. The van der Waals surface area contributed by atoms with E-state index < -0.39 is 11.0 Å². The molecule has 2 aromatic carbocycles. The predicted molar refractivity (Wildman–Crippen MR) is 166 cm³/mol. The number of anilines is 4. The van der Waals surface area contributed by atoms with E-state index in [4.69, 9.17) is 9.72 Å². The van der Waals surface area contributed by atoms with Crippen molar-refractivity contribution in [1.29, 1.82) is 0 Å². The summed E-state index contributed by atoms with van der Waals surface area (Å²) in [7, 11) is 1.67. The van der Waals surface area contributed by atoms with Gasteiger partial charge in [0, 0.05) is 31.5 Å².